The lowest BCUT2D eigenvalue weighted by Crippen LogP contribution is -2.08. The van der Waals surface area contributed by atoms with E-state index < -0.39 is 0 Å². The third-order valence-electron chi connectivity index (χ3n) is 15.9. The summed E-state index contributed by atoms with van der Waals surface area (Å²) >= 11 is 0. The molecule has 11 aromatic carbocycles. The molecule has 0 saturated carbocycles. The zero-order valence-electron chi connectivity index (χ0n) is 46.9. The number of nitrogens with zero attached hydrogens (tertiary/aromatic N) is 12. The van der Waals surface area contributed by atoms with Gasteiger partial charge in [-0.2, -0.15) is 5.26 Å². The summed E-state index contributed by atoms with van der Waals surface area (Å²) < 4.78 is 4.48. The SMILES string of the molecule is N#Cc1cc(-n2c3ccccc3c3cc(-c4nc(-c5ccccc5)nc(-c5ccccc5)n4)ccc32)c(-c2nc(-c3ccccc3)nc(-c3ccccc3)n2)c(-n2c3ccccc3c3cc(-c4nc(-c5ccccc5)nc(-c5ccccc5)n4)ccc32)c1. The second-order valence-electron chi connectivity index (χ2n) is 21.3. The average Bonchev–Trinajstić information content (AvgIpc) is 1.60. The Labute approximate surface area is 504 Å². The number of benzene rings is 11. The van der Waals surface area contributed by atoms with Crippen LogP contribution in [0.4, 0.5) is 0 Å². The lowest BCUT2D eigenvalue weighted by atomic mass is 10.0. The van der Waals surface area contributed by atoms with Crippen LogP contribution in [-0.2, 0) is 0 Å². The van der Waals surface area contributed by atoms with Crippen molar-refractivity contribution < 1.29 is 0 Å². The van der Waals surface area contributed by atoms with Gasteiger partial charge in [0, 0.05) is 66.1 Å². The third-order valence-corrected chi connectivity index (χ3v) is 15.9. The lowest BCUT2D eigenvalue weighted by Gasteiger charge is -2.20. The topological polar surface area (TPSA) is 150 Å². The van der Waals surface area contributed by atoms with Gasteiger partial charge in [0.05, 0.1) is 50.6 Å². The van der Waals surface area contributed by atoms with E-state index in [1.807, 2.05) is 206 Å². The molecule has 16 rings (SSSR count). The van der Waals surface area contributed by atoms with Gasteiger partial charge in [-0.25, -0.2) is 44.9 Å². The Morgan fingerprint density at radius 3 is 0.773 bits per heavy atom. The summed E-state index contributed by atoms with van der Waals surface area (Å²) in [5.74, 6) is 4.75. The summed E-state index contributed by atoms with van der Waals surface area (Å²) in [6, 6.07) is 95.9. The molecular weight excluding hydrogens is 1080 g/mol. The highest BCUT2D eigenvalue weighted by atomic mass is 15.1. The highest BCUT2D eigenvalue weighted by Gasteiger charge is 2.27. The third kappa shape index (κ3) is 9.16. The molecule has 88 heavy (non-hydrogen) atoms. The van der Waals surface area contributed by atoms with E-state index in [9.17, 15) is 5.26 Å². The van der Waals surface area contributed by atoms with Crippen LogP contribution in [0.3, 0.4) is 0 Å². The molecule has 0 bridgehead atoms. The van der Waals surface area contributed by atoms with Crippen molar-refractivity contribution in [3.8, 4) is 120 Å². The lowest BCUT2D eigenvalue weighted by molar-refractivity contribution is 1.05. The van der Waals surface area contributed by atoms with Crippen LogP contribution in [0.25, 0.3) is 157 Å². The first-order valence-electron chi connectivity index (χ1n) is 28.8. The van der Waals surface area contributed by atoms with Crippen molar-refractivity contribution in [2.45, 2.75) is 0 Å². The molecule has 410 valence electrons. The van der Waals surface area contributed by atoms with Gasteiger partial charge in [0.15, 0.2) is 52.4 Å². The van der Waals surface area contributed by atoms with Gasteiger partial charge in [0.2, 0.25) is 0 Å². The summed E-state index contributed by atoms with van der Waals surface area (Å²) in [5, 5.41) is 15.2. The Hall–Kier alpha value is -12.5. The van der Waals surface area contributed by atoms with Crippen LogP contribution in [-0.4, -0.2) is 54.0 Å². The highest BCUT2D eigenvalue weighted by Crippen LogP contribution is 2.44. The minimum Gasteiger partial charge on any atom is -0.308 e. The average molecular weight is 1130 g/mol. The second-order valence-corrected chi connectivity index (χ2v) is 21.3. The molecule has 16 aromatic rings. The van der Waals surface area contributed by atoms with E-state index in [0.29, 0.717) is 74.9 Å². The van der Waals surface area contributed by atoms with E-state index in [4.69, 9.17) is 44.9 Å². The number of nitriles is 1. The van der Waals surface area contributed by atoms with Crippen molar-refractivity contribution in [1.29, 1.82) is 5.26 Å². The normalized spacial score (nSPS) is 11.4. The zero-order chi connectivity index (χ0) is 58.5. The molecule has 0 aliphatic rings. The molecule has 0 N–H and O–H groups in total. The first-order valence-corrected chi connectivity index (χ1v) is 28.8. The van der Waals surface area contributed by atoms with E-state index >= 15 is 0 Å². The number of para-hydroxylation sites is 2. The van der Waals surface area contributed by atoms with E-state index in [1.54, 1.807) is 0 Å². The second kappa shape index (κ2) is 21.6. The molecule has 0 saturated heterocycles. The van der Waals surface area contributed by atoms with Gasteiger partial charge in [0.1, 0.15) is 0 Å². The first kappa shape index (κ1) is 51.2. The molecule has 0 unspecified atom stereocenters. The monoisotopic (exact) mass is 1130 g/mol. The molecule has 12 nitrogen and oxygen atoms in total. The largest absolute Gasteiger partial charge is 0.308 e. The standard InChI is InChI=1S/C76H46N12/c77-47-48-43-65(87-61-37-21-19-35-57(61)59-45-55(39-41-63(59)87)74-81-68(49-23-7-1-8-24-49)78-69(82-74)50-25-9-2-10-26-50)67(76-85-72(53-31-15-5-16-32-53)80-73(86-76)54-33-17-6-18-34-54)66(44-48)88-62-38-22-20-36-58(62)60-46-56(40-42-64(60)88)75-83-70(51-27-11-3-12-28-51)79-71(84-75)52-29-13-4-14-30-52/h1-46H. The van der Waals surface area contributed by atoms with Crippen LogP contribution in [0.1, 0.15) is 5.56 Å². The summed E-state index contributed by atoms with van der Waals surface area (Å²) in [6.07, 6.45) is 0. The van der Waals surface area contributed by atoms with Crippen LogP contribution in [0, 0.1) is 11.3 Å². The van der Waals surface area contributed by atoms with Crippen molar-refractivity contribution in [3.05, 3.63) is 285 Å². The predicted molar refractivity (Wildman–Crippen MR) is 349 cm³/mol. The van der Waals surface area contributed by atoms with Crippen LogP contribution in [0.2, 0.25) is 0 Å². The number of aromatic nitrogens is 11. The van der Waals surface area contributed by atoms with Gasteiger partial charge >= 0.3 is 0 Å². The summed E-state index contributed by atoms with van der Waals surface area (Å²) in [7, 11) is 0. The van der Waals surface area contributed by atoms with Gasteiger partial charge in [-0.15, -0.1) is 0 Å². The molecule has 0 spiro atoms. The summed E-state index contributed by atoms with van der Waals surface area (Å²) in [4.78, 5) is 46.7. The Balaban J connectivity index is 0.967. The maximum absolute atomic E-state index is 11.4. The fraction of sp³-hybridized carbons (Fsp3) is 0. The molecule has 0 radical (unpaired) electrons. The van der Waals surface area contributed by atoms with Crippen LogP contribution in [0.15, 0.2) is 279 Å². The molecule has 5 aromatic heterocycles. The Bertz CT molecular complexity index is 4940. The maximum Gasteiger partial charge on any atom is 0.168 e. The van der Waals surface area contributed by atoms with Crippen molar-refractivity contribution in [3.63, 3.8) is 0 Å². The smallest absolute Gasteiger partial charge is 0.168 e. The zero-order valence-corrected chi connectivity index (χ0v) is 46.9. The van der Waals surface area contributed by atoms with Gasteiger partial charge in [-0.3, -0.25) is 0 Å². The molecule has 5 heterocycles. The maximum atomic E-state index is 11.4. The minimum atomic E-state index is 0.409. The first-order chi connectivity index (χ1) is 43.6. The van der Waals surface area contributed by atoms with Crippen molar-refractivity contribution in [2.75, 3.05) is 0 Å². The Kier molecular flexibility index (Phi) is 12.6. The number of fused-ring (bicyclic) bond motifs is 6. The van der Waals surface area contributed by atoms with E-state index in [2.05, 4.69) is 88.0 Å². The fourth-order valence-corrected chi connectivity index (χ4v) is 11.8. The van der Waals surface area contributed by atoms with Gasteiger partial charge in [-0.05, 0) is 60.7 Å². The Morgan fingerprint density at radius 1 is 0.227 bits per heavy atom. The van der Waals surface area contributed by atoms with Crippen molar-refractivity contribution in [2.24, 2.45) is 0 Å². The number of rotatable bonds is 11. The molecular formula is C76H46N12. The van der Waals surface area contributed by atoms with Gasteiger partial charge in [-0.1, -0.05) is 218 Å². The van der Waals surface area contributed by atoms with E-state index in [0.717, 1.165) is 88.1 Å². The molecule has 0 atom stereocenters. The van der Waals surface area contributed by atoms with Gasteiger partial charge < -0.3 is 9.13 Å². The fourth-order valence-electron chi connectivity index (χ4n) is 11.8. The van der Waals surface area contributed by atoms with Crippen LogP contribution < -0.4 is 0 Å². The van der Waals surface area contributed by atoms with Crippen molar-refractivity contribution >= 4 is 43.6 Å². The summed E-state index contributed by atoms with van der Waals surface area (Å²) in [6.45, 7) is 0. The number of hydrogen-bond donors (Lipinski definition) is 0. The molecule has 0 amide bonds. The van der Waals surface area contributed by atoms with Gasteiger partial charge in [0.25, 0.3) is 0 Å². The van der Waals surface area contributed by atoms with E-state index in [-0.39, 0.29) is 0 Å². The molecule has 0 aliphatic carbocycles. The van der Waals surface area contributed by atoms with Crippen LogP contribution in [0.5, 0.6) is 0 Å². The predicted octanol–water partition coefficient (Wildman–Crippen LogP) is 17.3. The summed E-state index contributed by atoms with van der Waals surface area (Å²) in [5.41, 5.74) is 12.8. The molecule has 12 heteroatoms. The quantitative estimate of drug-likeness (QED) is 0.122. The van der Waals surface area contributed by atoms with Crippen molar-refractivity contribution in [1.82, 2.24) is 54.0 Å². The minimum absolute atomic E-state index is 0.409. The Morgan fingerprint density at radius 2 is 0.477 bits per heavy atom. The van der Waals surface area contributed by atoms with E-state index in [1.165, 1.54) is 0 Å². The molecule has 0 fully saturated rings. The number of hydrogen-bond acceptors (Lipinski definition) is 10. The molecule has 0 aliphatic heterocycles. The highest BCUT2D eigenvalue weighted by molar-refractivity contribution is 6.13. The van der Waals surface area contributed by atoms with Crippen LogP contribution >= 0.6 is 0 Å².